The summed E-state index contributed by atoms with van der Waals surface area (Å²) in [5.74, 6) is 0.799. The Hall–Kier alpha value is -2.36. The van der Waals surface area contributed by atoms with Crippen LogP contribution < -0.4 is 10.7 Å². The van der Waals surface area contributed by atoms with Crippen molar-refractivity contribution in [2.45, 2.75) is 13.8 Å². The van der Waals surface area contributed by atoms with Gasteiger partial charge in [-0.25, -0.2) is 4.98 Å². The van der Waals surface area contributed by atoms with Crippen molar-refractivity contribution in [3.05, 3.63) is 53.7 Å². The predicted molar refractivity (Wildman–Crippen MR) is 80.4 cm³/mol. The fourth-order valence-electron chi connectivity index (χ4n) is 1.86. The van der Waals surface area contributed by atoms with Gasteiger partial charge in [0.25, 0.3) is 0 Å². The smallest absolute Gasteiger partial charge is 0.148 e. The number of nitrogens with two attached hydrogens (primary N) is 1. The summed E-state index contributed by atoms with van der Waals surface area (Å²) in [5, 5.41) is 6.27. The Morgan fingerprint density at radius 1 is 1.26 bits per heavy atom. The van der Waals surface area contributed by atoms with Gasteiger partial charge in [0, 0.05) is 24.5 Å². The molecule has 0 aliphatic carbocycles. The molecule has 0 aliphatic heterocycles. The SMILES string of the molecule is C/C(=N\N(C)c1ccccn1)c1cc(C)ccc1N. The first kappa shape index (κ1) is 13.1. The first-order valence-electron chi connectivity index (χ1n) is 6.14. The van der Waals surface area contributed by atoms with Gasteiger partial charge < -0.3 is 5.73 Å². The van der Waals surface area contributed by atoms with E-state index >= 15 is 0 Å². The lowest BCUT2D eigenvalue weighted by Gasteiger charge is -2.14. The van der Waals surface area contributed by atoms with Crippen LogP contribution in [-0.2, 0) is 0 Å². The first-order valence-corrected chi connectivity index (χ1v) is 6.14. The molecule has 0 radical (unpaired) electrons. The van der Waals surface area contributed by atoms with Crippen molar-refractivity contribution in [1.82, 2.24) is 4.98 Å². The second kappa shape index (κ2) is 5.52. The highest BCUT2D eigenvalue weighted by atomic mass is 15.5. The summed E-state index contributed by atoms with van der Waals surface area (Å²) in [4.78, 5) is 4.25. The molecule has 0 unspecified atom stereocenters. The van der Waals surface area contributed by atoms with E-state index in [-0.39, 0.29) is 0 Å². The number of hydrogen-bond donors (Lipinski definition) is 1. The van der Waals surface area contributed by atoms with E-state index in [9.17, 15) is 0 Å². The minimum Gasteiger partial charge on any atom is -0.398 e. The molecular formula is C15H18N4. The molecule has 2 aromatic rings. The van der Waals surface area contributed by atoms with Crippen LogP contribution in [0.25, 0.3) is 0 Å². The van der Waals surface area contributed by atoms with Gasteiger partial charge in [-0.2, -0.15) is 5.10 Å². The lowest BCUT2D eigenvalue weighted by Crippen LogP contribution is -2.14. The lowest BCUT2D eigenvalue weighted by molar-refractivity contribution is 0.975. The van der Waals surface area contributed by atoms with Crippen molar-refractivity contribution in [1.29, 1.82) is 0 Å². The predicted octanol–water partition coefficient (Wildman–Crippen LogP) is 2.83. The molecule has 0 amide bonds. The number of rotatable bonds is 3. The molecule has 0 atom stereocenters. The van der Waals surface area contributed by atoms with Crippen LogP contribution in [-0.4, -0.2) is 17.7 Å². The normalized spacial score (nSPS) is 11.4. The number of aryl methyl sites for hydroxylation is 1. The maximum Gasteiger partial charge on any atom is 0.148 e. The highest BCUT2D eigenvalue weighted by Gasteiger charge is 2.06. The lowest BCUT2D eigenvalue weighted by atomic mass is 10.1. The third kappa shape index (κ3) is 3.10. The molecule has 1 aromatic heterocycles. The molecule has 0 saturated heterocycles. The molecule has 98 valence electrons. The van der Waals surface area contributed by atoms with Gasteiger partial charge in [0.2, 0.25) is 0 Å². The summed E-state index contributed by atoms with van der Waals surface area (Å²) in [6.45, 7) is 3.99. The summed E-state index contributed by atoms with van der Waals surface area (Å²) in [5.41, 5.74) is 9.72. The average Bonchev–Trinajstić information content (AvgIpc) is 2.42. The zero-order valence-corrected chi connectivity index (χ0v) is 11.5. The van der Waals surface area contributed by atoms with Crippen molar-refractivity contribution in [3.63, 3.8) is 0 Å². The molecule has 0 fully saturated rings. The number of nitrogens with zero attached hydrogens (tertiary/aromatic N) is 3. The molecular weight excluding hydrogens is 236 g/mol. The van der Waals surface area contributed by atoms with E-state index < -0.39 is 0 Å². The summed E-state index contributed by atoms with van der Waals surface area (Å²) < 4.78 is 0. The van der Waals surface area contributed by atoms with Crippen molar-refractivity contribution in [2.75, 3.05) is 17.8 Å². The van der Waals surface area contributed by atoms with Crippen LogP contribution in [0.2, 0.25) is 0 Å². The van der Waals surface area contributed by atoms with Gasteiger partial charge in [-0.15, -0.1) is 0 Å². The number of hydrazone groups is 1. The van der Waals surface area contributed by atoms with Gasteiger partial charge in [0.05, 0.1) is 5.71 Å². The summed E-state index contributed by atoms with van der Waals surface area (Å²) in [7, 11) is 1.87. The summed E-state index contributed by atoms with van der Waals surface area (Å²) >= 11 is 0. The average molecular weight is 254 g/mol. The van der Waals surface area contributed by atoms with Crippen molar-refractivity contribution >= 4 is 17.2 Å². The van der Waals surface area contributed by atoms with Crippen molar-refractivity contribution < 1.29 is 0 Å². The van der Waals surface area contributed by atoms with E-state index in [0.29, 0.717) is 0 Å². The maximum absolute atomic E-state index is 5.99. The fraction of sp³-hybridized carbons (Fsp3) is 0.200. The topological polar surface area (TPSA) is 54.5 Å². The Labute approximate surface area is 113 Å². The maximum atomic E-state index is 5.99. The van der Waals surface area contributed by atoms with Crippen LogP contribution in [0.3, 0.4) is 0 Å². The van der Waals surface area contributed by atoms with Crippen molar-refractivity contribution in [3.8, 4) is 0 Å². The molecule has 2 rings (SSSR count). The molecule has 4 heteroatoms. The van der Waals surface area contributed by atoms with Gasteiger partial charge in [-0.3, -0.25) is 5.01 Å². The van der Waals surface area contributed by atoms with Crippen LogP contribution in [0, 0.1) is 6.92 Å². The Bertz CT molecular complexity index is 590. The fourth-order valence-corrected chi connectivity index (χ4v) is 1.86. The Morgan fingerprint density at radius 3 is 2.74 bits per heavy atom. The zero-order valence-electron chi connectivity index (χ0n) is 11.5. The quantitative estimate of drug-likeness (QED) is 0.520. The van der Waals surface area contributed by atoms with E-state index in [1.54, 1.807) is 11.2 Å². The third-order valence-corrected chi connectivity index (χ3v) is 2.88. The number of pyridine rings is 1. The highest BCUT2D eigenvalue weighted by molar-refractivity contribution is 6.03. The second-order valence-corrected chi connectivity index (χ2v) is 4.49. The van der Waals surface area contributed by atoms with E-state index in [2.05, 4.69) is 10.1 Å². The summed E-state index contributed by atoms with van der Waals surface area (Å²) in [6, 6.07) is 11.7. The minimum atomic E-state index is 0.737. The highest BCUT2D eigenvalue weighted by Crippen LogP contribution is 2.16. The van der Waals surface area contributed by atoms with Crippen LogP contribution in [0.4, 0.5) is 11.5 Å². The molecule has 0 saturated carbocycles. The number of aromatic nitrogens is 1. The molecule has 19 heavy (non-hydrogen) atoms. The van der Waals surface area contributed by atoms with E-state index in [0.717, 1.165) is 22.8 Å². The molecule has 1 heterocycles. The minimum absolute atomic E-state index is 0.737. The third-order valence-electron chi connectivity index (χ3n) is 2.88. The van der Waals surface area contributed by atoms with Gasteiger partial charge in [-0.1, -0.05) is 17.7 Å². The largest absolute Gasteiger partial charge is 0.398 e. The number of benzene rings is 1. The van der Waals surface area contributed by atoms with E-state index in [4.69, 9.17) is 5.73 Å². The summed E-state index contributed by atoms with van der Waals surface area (Å²) in [6.07, 6.45) is 1.75. The van der Waals surface area contributed by atoms with Gasteiger partial charge in [0.1, 0.15) is 5.82 Å². The molecule has 1 aromatic carbocycles. The molecule has 2 N–H and O–H groups in total. The monoisotopic (exact) mass is 254 g/mol. The van der Waals surface area contributed by atoms with Crippen molar-refractivity contribution in [2.24, 2.45) is 5.10 Å². The number of hydrogen-bond acceptors (Lipinski definition) is 4. The molecule has 0 aliphatic rings. The molecule has 0 spiro atoms. The van der Waals surface area contributed by atoms with Gasteiger partial charge in [-0.05, 0) is 38.1 Å². The number of anilines is 2. The van der Waals surface area contributed by atoms with Crippen LogP contribution in [0.15, 0.2) is 47.7 Å². The van der Waals surface area contributed by atoms with E-state index in [1.807, 2.05) is 57.3 Å². The first-order chi connectivity index (χ1) is 9.08. The number of nitrogen functional groups attached to an aromatic ring is 1. The van der Waals surface area contributed by atoms with Crippen LogP contribution in [0.5, 0.6) is 0 Å². The van der Waals surface area contributed by atoms with E-state index in [1.165, 1.54) is 5.56 Å². The van der Waals surface area contributed by atoms with Gasteiger partial charge in [0.15, 0.2) is 0 Å². The second-order valence-electron chi connectivity index (χ2n) is 4.49. The van der Waals surface area contributed by atoms with Gasteiger partial charge >= 0.3 is 0 Å². The Kier molecular flexibility index (Phi) is 3.80. The van der Waals surface area contributed by atoms with Crippen LogP contribution in [0.1, 0.15) is 18.1 Å². The molecule has 0 bridgehead atoms. The standard InChI is InChI=1S/C15H18N4/c1-11-7-8-14(16)13(10-11)12(2)18-19(3)15-6-4-5-9-17-15/h4-10H,16H2,1-3H3/b18-12+. The van der Waals surface area contributed by atoms with Crippen LogP contribution >= 0.6 is 0 Å². The zero-order chi connectivity index (χ0) is 13.8. The Balaban J connectivity index is 2.30. The Morgan fingerprint density at radius 2 is 2.05 bits per heavy atom. The molecule has 4 nitrogen and oxygen atoms in total.